The third-order valence-electron chi connectivity index (χ3n) is 3.61. The van der Waals surface area contributed by atoms with Gasteiger partial charge in [0.1, 0.15) is 0 Å². The molecular formula is C15H20F2N2O3. The van der Waals surface area contributed by atoms with E-state index in [2.05, 4.69) is 15.0 Å². The van der Waals surface area contributed by atoms with Gasteiger partial charge in [0.25, 0.3) is 5.91 Å². The summed E-state index contributed by atoms with van der Waals surface area (Å²) < 4.78 is 34.6. The lowest BCUT2D eigenvalue weighted by atomic mass is 10.1. The highest BCUT2D eigenvalue weighted by molar-refractivity contribution is 5.98. The lowest BCUT2D eigenvalue weighted by Crippen LogP contribution is -2.46. The van der Waals surface area contributed by atoms with Crippen LogP contribution in [-0.2, 0) is 0 Å². The summed E-state index contributed by atoms with van der Waals surface area (Å²) in [5.74, 6) is -0.565. The van der Waals surface area contributed by atoms with E-state index in [4.69, 9.17) is 4.74 Å². The molecule has 0 spiro atoms. The maximum atomic E-state index is 12.6. The number of para-hydroxylation sites is 1. The van der Waals surface area contributed by atoms with Crippen molar-refractivity contribution in [2.75, 3.05) is 27.2 Å². The number of piperidine rings is 1. The summed E-state index contributed by atoms with van der Waals surface area (Å²) in [6.07, 6.45) is 1.85. The number of alkyl halides is 2. The number of likely N-dealkylation sites (tertiary alicyclic amines) is 1. The van der Waals surface area contributed by atoms with Gasteiger partial charge in [-0.25, -0.2) is 0 Å². The van der Waals surface area contributed by atoms with Gasteiger partial charge in [0, 0.05) is 12.6 Å². The average molecular weight is 314 g/mol. The van der Waals surface area contributed by atoms with Crippen LogP contribution in [0.4, 0.5) is 8.78 Å². The molecular weight excluding hydrogens is 294 g/mol. The molecule has 1 aromatic rings. The standard InChI is InChI=1S/C15H20F2N2O3/c1-19-8-4-5-10(9-19)18-14(20)11-6-3-7-12(21-2)13(11)22-15(16)17/h3,6-7,10,15H,4-5,8-9H2,1-2H3,(H,18,20)/t10-/m1/s1. The summed E-state index contributed by atoms with van der Waals surface area (Å²) in [6, 6.07) is 4.49. The van der Waals surface area contributed by atoms with E-state index in [0.29, 0.717) is 0 Å². The van der Waals surface area contributed by atoms with Gasteiger partial charge in [-0.15, -0.1) is 0 Å². The Morgan fingerprint density at radius 1 is 1.45 bits per heavy atom. The highest BCUT2D eigenvalue weighted by Crippen LogP contribution is 2.32. The predicted molar refractivity (Wildman–Crippen MR) is 77.6 cm³/mol. The number of hydrogen-bond donors (Lipinski definition) is 1. The maximum Gasteiger partial charge on any atom is 0.387 e. The lowest BCUT2D eigenvalue weighted by Gasteiger charge is -2.30. The van der Waals surface area contributed by atoms with Crippen molar-refractivity contribution in [1.29, 1.82) is 0 Å². The van der Waals surface area contributed by atoms with Crippen LogP contribution in [0.15, 0.2) is 18.2 Å². The summed E-state index contributed by atoms with van der Waals surface area (Å²) in [6.45, 7) is -1.30. The first-order chi connectivity index (χ1) is 10.5. The number of ether oxygens (including phenoxy) is 2. The van der Waals surface area contributed by atoms with Gasteiger partial charge >= 0.3 is 6.61 Å². The van der Waals surface area contributed by atoms with Gasteiger partial charge in [-0.1, -0.05) is 6.07 Å². The van der Waals surface area contributed by atoms with E-state index in [1.165, 1.54) is 19.2 Å². The second-order valence-corrected chi connectivity index (χ2v) is 5.29. The fourth-order valence-electron chi connectivity index (χ4n) is 2.61. The van der Waals surface area contributed by atoms with Gasteiger partial charge < -0.3 is 19.7 Å². The second-order valence-electron chi connectivity index (χ2n) is 5.29. The molecule has 1 fully saturated rings. The highest BCUT2D eigenvalue weighted by atomic mass is 19.3. The first kappa shape index (κ1) is 16.5. The minimum atomic E-state index is -3.02. The first-order valence-corrected chi connectivity index (χ1v) is 7.12. The van der Waals surface area contributed by atoms with Crippen LogP contribution in [0.5, 0.6) is 11.5 Å². The molecule has 1 heterocycles. The van der Waals surface area contributed by atoms with Gasteiger partial charge in [-0.3, -0.25) is 4.79 Å². The van der Waals surface area contributed by atoms with Crippen LogP contribution < -0.4 is 14.8 Å². The van der Waals surface area contributed by atoms with E-state index in [-0.39, 0.29) is 23.1 Å². The van der Waals surface area contributed by atoms with Crippen LogP contribution in [0.3, 0.4) is 0 Å². The summed E-state index contributed by atoms with van der Waals surface area (Å²) in [7, 11) is 3.32. The van der Waals surface area contributed by atoms with Crippen LogP contribution in [0, 0.1) is 0 Å². The monoisotopic (exact) mass is 314 g/mol. The second kappa shape index (κ2) is 7.40. The Kier molecular flexibility index (Phi) is 5.54. The van der Waals surface area contributed by atoms with Crippen molar-refractivity contribution in [2.45, 2.75) is 25.5 Å². The van der Waals surface area contributed by atoms with E-state index in [1.54, 1.807) is 6.07 Å². The largest absolute Gasteiger partial charge is 0.493 e. The number of rotatable bonds is 5. The van der Waals surface area contributed by atoms with E-state index in [1.807, 2.05) is 7.05 Å². The summed E-state index contributed by atoms with van der Waals surface area (Å²) in [5.41, 5.74) is 0.0490. The van der Waals surface area contributed by atoms with E-state index >= 15 is 0 Å². The van der Waals surface area contributed by atoms with Crippen molar-refractivity contribution in [2.24, 2.45) is 0 Å². The molecule has 1 N–H and O–H groups in total. The number of benzene rings is 1. The maximum absolute atomic E-state index is 12.6. The molecule has 0 radical (unpaired) electrons. The first-order valence-electron chi connectivity index (χ1n) is 7.12. The zero-order chi connectivity index (χ0) is 16.1. The number of amides is 1. The number of methoxy groups -OCH3 is 1. The molecule has 1 aliphatic rings. The molecule has 1 amide bonds. The van der Waals surface area contributed by atoms with Gasteiger partial charge in [0.05, 0.1) is 12.7 Å². The highest BCUT2D eigenvalue weighted by Gasteiger charge is 2.24. The SMILES string of the molecule is COc1cccc(C(=O)N[C@@H]2CCCN(C)C2)c1OC(F)F. The summed E-state index contributed by atoms with van der Waals surface area (Å²) in [4.78, 5) is 14.5. The normalized spacial score (nSPS) is 19.0. The van der Waals surface area contributed by atoms with Crippen molar-refractivity contribution in [1.82, 2.24) is 10.2 Å². The number of likely N-dealkylation sites (N-methyl/N-ethyl adjacent to an activating group) is 1. The molecule has 1 atom stereocenters. The van der Waals surface area contributed by atoms with Crippen molar-refractivity contribution in [3.63, 3.8) is 0 Å². The van der Waals surface area contributed by atoms with Crippen molar-refractivity contribution in [3.8, 4) is 11.5 Å². The zero-order valence-corrected chi connectivity index (χ0v) is 12.6. The molecule has 0 aliphatic carbocycles. The molecule has 22 heavy (non-hydrogen) atoms. The molecule has 0 aromatic heterocycles. The van der Waals surface area contributed by atoms with E-state index in [9.17, 15) is 13.6 Å². The summed E-state index contributed by atoms with van der Waals surface area (Å²) in [5, 5.41) is 2.87. The van der Waals surface area contributed by atoms with Crippen molar-refractivity contribution < 1.29 is 23.0 Å². The van der Waals surface area contributed by atoms with Gasteiger partial charge in [0.15, 0.2) is 11.5 Å². The van der Waals surface area contributed by atoms with Crippen LogP contribution in [0.2, 0.25) is 0 Å². The Balaban J connectivity index is 2.17. The lowest BCUT2D eigenvalue weighted by molar-refractivity contribution is -0.0515. The van der Waals surface area contributed by atoms with Crippen LogP contribution in [0.25, 0.3) is 0 Å². The predicted octanol–water partition coefficient (Wildman–Crippen LogP) is 2.12. The summed E-state index contributed by atoms with van der Waals surface area (Å²) >= 11 is 0. The van der Waals surface area contributed by atoms with Crippen LogP contribution in [0.1, 0.15) is 23.2 Å². The fraction of sp³-hybridized carbons (Fsp3) is 0.533. The van der Waals surface area contributed by atoms with Gasteiger partial charge in [0.2, 0.25) is 0 Å². The number of nitrogens with zero attached hydrogens (tertiary/aromatic N) is 1. The number of nitrogens with one attached hydrogen (secondary N) is 1. The molecule has 0 unspecified atom stereocenters. The molecule has 122 valence electrons. The Hall–Kier alpha value is -1.89. The number of hydrogen-bond acceptors (Lipinski definition) is 4. The minimum Gasteiger partial charge on any atom is -0.493 e. The average Bonchev–Trinajstić information content (AvgIpc) is 2.46. The van der Waals surface area contributed by atoms with E-state index < -0.39 is 12.5 Å². The quantitative estimate of drug-likeness (QED) is 0.904. The smallest absolute Gasteiger partial charge is 0.387 e. The molecule has 0 saturated carbocycles. The molecule has 5 nitrogen and oxygen atoms in total. The third kappa shape index (κ3) is 4.07. The zero-order valence-electron chi connectivity index (χ0n) is 12.6. The van der Waals surface area contributed by atoms with Crippen LogP contribution >= 0.6 is 0 Å². The Morgan fingerprint density at radius 2 is 2.23 bits per heavy atom. The van der Waals surface area contributed by atoms with Crippen LogP contribution in [-0.4, -0.2) is 50.7 Å². The number of carbonyl (C=O) groups is 1. The molecule has 1 saturated heterocycles. The van der Waals surface area contributed by atoms with Gasteiger partial charge in [-0.2, -0.15) is 8.78 Å². The number of halogens is 2. The molecule has 2 rings (SSSR count). The fourth-order valence-corrected chi connectivity index (χ4v) is 2.61. The number of carbonyl (C=O) groups excluding carboxylic acids is 1. The Labute approximate surface area is 128 Å². The third-order valence-corrected chi connectivity index (χ3v) is 3.61. The Bertz CT molecular complexity index is 526. The molecule has 1 aliphatic heterocycles. The van der Waals surface area contributed by atoms with Gasteiger partial charge in [-0.05, 0) is 38.6 Å². The molecule has 0 bridgehead atoms. The molecule has 1 aromatic carbocycles. The van der Waals surface area contributed by atoms with E-state index in [0.717, 1.165) is 25.9 Å². The topological polar surface area (TPSA) is 50.8 Å². The minimum absolute atomic E-state index is 0.00292. The molecule has 7 heteroatoms. The van der Waals surface area contributed by atoms with Crippen molar-refractivity contribution >= 4 is 5.91 Å². The Morgan fingerprint density at radius 3 is 2.86 bits per heavy atom. The van der Waals surface area contributed by atoms with Crippen molar-refractivity contribution in [3.05, 3.63) is 23.8 Å².